The number of carbonyl (C=O) groups excluding carboxylic acids is 1. The van der Waals surface area contributed by atoms with E-state index in [0.717, 1.165) is 12.0 Å². The largest absolute Gasteiger partial charge is 0.299 e. The number of fused-ring (bicyclic) bond motifs is 2. The number of hydrogen-bond acceptors (Lipinski definition) is 3. The van der Waals surface area contributed by atoms with Crippen LogP contribution in [-0.4, -0.2) is 17.5 Å². The molecule has 0 amide bonds. The van der Waals surface area contributed by atoms with E-state index in [2.05, 4.69) is 0 Å². The summed E-state index contributed by atoms with van der Waals surface area (Å²) in [7, 11) is 0. The lowest BCUT2D eigenvalue weighted by Crippen LogP contribution is -2.51. The van der Waals surface area contributed by atoms with Crippen molar-refractivity contribution in [2.24, 2.45) is 11.8 Å². The van der Waals surface area contributed by atoms with Gasteiger partial charge in [0, 0.05) is 28.3 Å². The van der Waals surface area contributed by atoms with Gasteiger partial charge in [-0.2, -0.15) is 0 Å². The highest BCUT2D eigenvalue weighted by Crippen LogP contribution is 2.43. The lowest BCUT2D eigenvalue weighted by molar-refractivity contribution is -0.415. The van der Waals surface area contributed by atoms with Gasteiger partial charge in [-0.15, -0.1) is 0 Å². The number of ketones is 1. The van der Waals surface area contributed by atoms with Crippen LogP contribution < -0.4 is 0 Å². The molecule has 118 valence electrons. The van der Waals surface area contributed by atoms with Crippen LogP contribution in [0.15, 0.2) is 24.3 Å². The summed E-state index contributed by atoms with van der Waals surface area (Å²) in [5, 5.41) is 1.18. The zero-order valence-corrected chi connectivity index (χ0v) is 14.0. The normalized spacial score (nSPS) is 35.1. The molecule has 0 radical (unpaired) electrons. The third-order valence-electron chi connectivity index (χ3n) is 4.75. The Labute approximate surface area is 140 Å². The van der Waals surface area contributed by atoms with E-state index in [0.29, 0.717) is 16.5 Å². The maximum absolute atomic E-state index is 12.1. The van der Waals surface area contributed by atoms with Crippen molar-refractivity contribution in [2.45, 2.75) is 38.4 Å². The van der Waals surface area contributed by atoms with Crippen molar-refractivity contribution in [1.82, 2.24) is 0 Å². The van der Waals surface area contributed by atoms with Crippen LogP contribution in [0.4, 0.5) is 0 Å². The van der Waals surface area contributed by atoms with Crippen LogP contribution in [0.1, 0.15) is 32.3 Å². The molecule has 1 aliphatic carbocycles. The summed E-state index contributed by atoms with van der Waals surface area (Å²) < 4.78 is 0. The molecule has 1 saturated heterocycles. The maximum Gasteiger partial charge on any atom is 0.138 e. The predicted molar refractivity (Wildman–Crippen MR) is 86.8 cm³/mol. The van der Waals surface area contributed by atoms with E-state index in [4.69, 9.17) is 33.0 Å². The van der Waals surface area contributed by atoms with Gasteiger partial charge in [0.25, 0.3) is 0 Å². The molecule has 4 atom stereocenters. The van der Waals surface area contributed by atoms with Gasteiger partial charge in [-0.1, -0.05) is 42.3 Å². The highest BCUT2D eigenvalue weighted by atomic mass is 35.5. The Hall–Kier alpha value is -0.870. The van der Waals surface area contributed by atoms with Gasteiger partial charge in [0.1, 0.15) is 17.5 Å². The molecule has 5 heteroatoms. The molecule has 0 N–H and O–H groups in total. The third kappa shape index (κ3) is 2.95. The van der Waals surface area contributed by atoms with E-state index < -0.39 is 5.60 Å². The molecule has 1 saturated carbocycles. The molecule has 4 unspecified atom stereocenters. The Morgan fingerprint density at radius 3 is 2.86 bits per heavy atom. The summed E-state index contributed by atoms with van der Waals surface area (Å²) in [6, 6.07) is 5.34. The van der Waals surface area contributed by atoms with Crippen molar-refractivity contribution in [2.75, 3.05) is 0 Å². The fourth-order valence-electron chi connectivity index (χ4n) is 3.05. The summed E-state index contributed by atoms with van der Waals surface area (Å²) in [5.74, 6) is 0.279. The van der Waals surface area contributed by atoms with Crippen LogP contribution in [0, 0.1) is 11.8 Å². The summed E-state index contributed by atoms with van der Waals surface area (Å²) in [6.45, 7) is 3.84. The van der Waals surface area contributed by atoms with Crippen LogP contribution in [-0.2, 0) is 14.6 Å². The molecular formula is C17H18Cl2O3. The first-order valence-electron chi connectivity index (χ1n) is 7.40. The predicted octanol–water partition coefficient (Wildman–Crippen LogP) is 4.71. The molecule has 3 nitrogen and oxygen atoms in total. The summed E-state index contributed by atoms with van der Waals surface area (Å²) >= 11 is 12.1. The Morgan fingerprint density at radius 2 is 2.14 bits per heavy atom. The van der Waals surface area contributed by atoms with Crippen molar-refractivity contribution in [3.8, 4) is 0 Å². The summed E-state index contributed by atoms with van der Waals surface area (Å²) in [6.07, 6.45) is 5.04. The molecular weight excluding hydrogens is 323 g/mol. The zero-order valence-electron chi connectivity index (χ0n) is 12.5. The fourth-order valence-corrected chi connectivity index (χ4v) is 3.52. The molecule has 22 heavy (non-hydrogen) atoms. The van der Waals surface area contributed by atoms with Crippen LogP contribution in [0.25, 0.3) is 6.08 Å². The highest BCUT2D eigenvalue weighted by Gasteiger charge is 2.48. The molecule has 1 aromatic rings. The van der Waals surface area contributed by atoms with Gasteiger partial charge < -0.3 is 0 Å². The topological polar surface area (TPSA) is 35.5 Å². The first-order valence-corrected chi connectivity index (χ1v) is 8.16. The fraction of sp³-hybridized carbons (Fsp3) is 0.471. The molecule has 2 bridgehead atoms. The van der Waals surface area contributed by atoms with E-state index in [-0.39, 0.29) is 23.7 Å². The molecule has 2 aliphatic rings. The standard InChI is InChI=1S/C17H18Cl2O3/c1-10-15(20)7-12-8-16(10)21-22-17(12,2)6-5-11-3-4-13(18)9-14(11)19/h3-6,9-10,12,16H,7-8H2,1-2H3/b6-5-. The second-order valence-corrected chi connectivity index (χ2v) is 7.14. The quantitative estimate of drug-likeness (QED) is 0.731. The zero-order chi connectivity index (χ0) is 15.9. The van der Waals surface area contributed by atoms with E-state index in [9.17, 15) is 4.79 Å². The van der Waals surface area contributed by atoms with E-state index in [1.807, 2.05) is 32.1 Å². The number of benzene rings is 1. The first-order chi connectivity index (χ1) is 10.4. The molecule has 3 rings (SSSR count). The van der Waals surface area contributed by atoms with Gasteiger partial charge >= 0.3 is 0 Å². The molecule has 0 spiro atoms. The molecule has 1 heterocycles. The molecule has 2 fully saturated rings. The average molecular weight is 341 g/mol. The Kier molecular flexibility index (Phi) is 4.34. The van der Waals surface area contributed by atoms with Gasteiger partial charge in [-0.25, -0.2) is 9.78 Å². The lowest BCUT2D eigenvalue weighted by Gasteiger charge is -2.45. The Balaban J connectivity index is 1.82. The summed E-state index contributed by atoms with van der Waals surface area (Å²) in [4.78, 5) is 23.2. The average Bonchev–Trinajstić information content (AvgIpc) is 2.47. The van der Waals surface area contributed by atoms with Gasteiger partial charge in [0.15, 0.2) is 0 Å². The van der Waals surface area contributed by atoms with Gasteiger partial charge in [-0.3, -0.25) is 4.79 Å². The number of rotatable bonds is 2. The highest BCUT2D eigenvalue weighted by molar-refractivity contribution is 6.35. The van der Waals surface area contributed by atoms with Crippen LogP contribution in [0.3, 0.4) is 0 Å². The van der Waals surface area contributed by atoms with Crippen molar-refractivity contribution < 1.29 is 14.6 Å². The second-order valence-electron chi connectivity index (χ2n) is 6.29. The maximum atomic E-state index is 12.1. The lowest BCUT2D eigenvalue weighted by atomic mass is 9.71. The minimum absolute atomic E-state index is 0.0875. The van der Waals surface area contributed by atoms with Crippen molar-refractivity contribution in [1.29, 1.82) is 0 Å². The Bertz CT molecular complexity index is 628. The molecule has 1 aliphatic heterocycles. The third-order valence-corrected chi connectivity index (χ3v) is 5.31. The van der Waals surface area contributed by atoms with Crippen LogP contribution in [0.5, 0.6) is 0 Å². The monoisotopic (exact) mass is 340 g/mol. The van der Waals surface area contributed by atoms with Crippen LogP contribution in [0.2, 0.25) is 10.0 Å². The number of carbonyl (C=O) groups is 1. The van der Waals surface area contributed by atoms with Crippen molar-refractivity contribution >= 4 is 35.1 Å². The first kappa shape index (κ1) is 16.0. The molecule has 0 aromatic heterocycles. The van der Waals surface area contributed by atoms with Crippen LogP contribution >= 0.6 is 23.2 Å². The number of hydrogen-bond donors (Lipinski definition) is 0. The smallest absolute Gasteiger partial charge is 0.138 e. The van der Waals surface area contributed by atoms with Crippen molar-refractivity contribution in [3.63, 3.8) is 0 Å². The minimum atomic E-state index is -0.630. The van der Waals surface area contributed by atoms with Gasteiger partial charge in [0.2, 0.25) is 0 Å². The summed E-state index contributed by atoms with van der Waals surface area (Å²) in [5.41, 5.74) is 0.225. The van der Waals surface area contributed by atoms with Crippen molar-refractivity contribution in [3.05, 3.63) is 39.9 Å². The van der Waals surface area contributed by atoms with E-state index >= 15 is 0 Å². The molecule has 1 aromatic carbocycles. The van der Waals surface area contributed by atoms with E-state index in [1.54, 1.807) is 12.1 Å². The Morgan fingerprint density at radius 1 is 1.36 bits per heavy atom. The SMILES string of the molecule is CC1C(=O)CC2CC1OOC2(C)/C=C\c1ccc(Cl)cc1Cl. The minimum Gasteiger partial charge on any atom is -0.299 e. The second kappa shape index (κ2) is 5.97. The van der Waals surface area contributed by atoms with Gasteiger partial charge in [-0.05, 0) is 37.1 Å². The van der Waals surface area contributed by atoms with E-state index in [1.165, 1.54) is 0 Å². The number of halogens is 2. The van der Waals surface area contributed by atoms with Gasteiger partial charge in [0.05, 0.1) is 0 Å². The number of Topliss-reactive ketones (excluding diaryl/α,β-unsaturated/α-hetero) is 1.